The molecule has 3 heteroatoms. The summed E-state index contributed by atoms with van der Waals surface area (Å²) < 4.78 is 5.90. The van der Waals surface area contributed by atoms with Gasteiger partial charge in [-0.3, -0.25) is 0 Å². The van der Waals surface area contributed by atoms with Gasteiger partial charge >= 0.3 is 0 Å². The highest BCUT2D eigenvalue weighted by atomic mass is 16.5. The van der Waals surface area contributed by atoms with Crippen molar-refractivity contribution < 1.29 is 4.74 Å². The van der Waals surface area contributed by atoms with Gasteiger partial charge in [0.15, 0.2) is 0 Å². The van der Waals surface area contributed by atoms with E-state index in [0.717, 1.165) is 19.6 Å². The summed E-state index contributed by atoms with van der Waals surface area (Å²) in [5.74, 6) is 0. The smallest absolute Gasteiger partial charge is 0.0779 e. The second kappa shape index (κ2) is 6.15. The summed E-state index contributed by atoms with van der Waals surface area (Å²) in [5.41, 5.74) is 2.75. The molecule has 1 aliphatic carbocycles. The van der Waals surface area contributed by atoms with Gasteiger partial charge < -0.3 is 15.0 Å². The molecule has 0 bridgehead atoms. The van der Waals surface area contributed by atoms with Crippen molar-refractivity contribution in [1.82, 2.24) is 5.32 Å². The largest absolute Gasteiger partial charge is 0.374 e. The Morgan fingerprint density at radius 3 is 2.80 bits per heavy atom. The summed E-state index contributed by atoms with van der Waals surface area (Å²) in [4.78, 5) is 2.56. The Hall–Kier alpha value is -1.06. The molecule has 1 heterocycles. The van der Waals surface area contributed by atoms with Crippen LogP contribution in [0.15, 0.2) is 24.3 Å². The minimum atomic E-state index is 0.462. The van der Waals surface area contributed by atoms with Crippen LogP contribution in [0, 0.1) is 0 Å². The average Bonchev–Trinajstić information content (AvgIpc) is 2.98. The minimum absolute atomic E-state index is 0.462. The van der Waals surface area contributed by atoms with Gasteiger partial charge in [-0.2, -0.15) is 0 Å². The van der Waals surface area contributed by atoms with Crippen molar-refractivity contribution in [1.29, 1.82) is 0 Å². The van der Waals surface area contributed by atoms with Crippen LogP contribution in [0.5, 0.6) is 0 Å². The SMILES string of the molecule is CCC(NC)c1ccc(N2CCOC3CCCC32)cc1. The first kappa shape index (κ1) is 13.9. The Labute approximate surface area is 122 Å². The number of rotatable bonds is 4. The normalized spacial score (nSPS) is 27.4. The molecule has 2 aliphatic rings. The Morgan fingerprint density at radius 2 is 2.10 bits per heavy atom. The molecule has 2 fully saturated rings. The predicted octanol–water partition coefficient (Wildman–Crippen LogP) is 3.11. The van der Waals surface area contributed by atoms with E-state index in [2.05, 4.69) is 41.4 Å². The maximum atomic E-state index is 5.90. The average molecular weight is 274 g/mol. The van der Waals surface area contributed by atoms with E-state index >= 15 is 0 Å². The molecule has 20 heavy (non-hydrogen) atoms. The van der Waals surface area contributed by atoms with Gasteiger partial charge in [0, 0.05) is 18.3 Å². The van der Waals surface area contributed by atoms with Gasteiger partial charge in [-0.05, 0) is 50.4 Å². The zero-order valence-electron chi connectivity index (χ0n) is 12.6. The molecule has 3 rings (SSSR count). The van der Waals surface area contributed by atoms with Crippen LogP contribution in [0.4, 0.5) is 5.69 Å². The van der Waals surface area contributed by atoms with E-state index in [1.165, 1.54) is 30.5 Å². The summed E-state index contributed by atoms with van der Waals surface area (Å²) in [6.07, 6.45) is 5.40. The first-order chi connectivity index (χ1) is 9.83. The number of hydrogen-bond acceptors (Lipinski definition) is 3. The van der Waals surface area contributed by atoms with Gasteiger partial charge in [-0.1, -0.05) is 19.1 Å². The van der Waals surface area contributed by atoms with Crippen molar-refractivity contribution in [3.8, 4) is 0 Å². The number of benzene rings is 1. The maximum absolute atomic E-state index is 5.90. The molecule has 0 aromatic heterocycles. The molecule has 0 amide bonds. The fourth-order valence-corrected chi connectivity index (χ4v) is 3.75. The van der Waals surface area contributed by atoms with Crippen LogP contribution in [-0.2, 0) is 4.74 Å². The Balaban J connectivity index is 1.76. The molecule has 1 aromatic rings. The van der Waals surface area contributed by atoms with E-state index in [1.807, 2.05) is 7.05 Å². The monoisotopic (exact) mass is 274 g/mol. The van der Waals surface area contributed by atoms with Crippen LogP contribution in [0.3, 0.4) is 0 Å². The standard InChI is InChI=1S/C17H26N2O/c1-3-15(18-2)13-7-9-14(10-8-13)19-11-12-20-17-6-4-5-16(17)19/h7-10,15-18H,3-6,11-12H2,1-2H3. The maximum Gasteiger partial charge on any atom is 0.0779 e. The Morgan fingerprint density at radius 1 is 1.30 bits per heavy atom. The second-order valence-corrected chi connectivity index (χ2v) is 5.94. The molecule has 3 nitrogen and oxygen atoms in total. The van der Waals surface area contributed by atoms with Gasteiger partial charge in [-0.15, -0.1) is 0 Å². The van der Waals surface area contributed by atoms with Crippen LogP contribution in [0.25, 0.3) is 0 Å². The van der Waals surface area contributed by atoms with Gasteiger partial charge in [0.1, 0.15) is 0 Å². The van der Waals surface area contributed by atoms with Gasteiger partial charge in [-0.25, -0.2) is 0 Å². The summed E-state index contributed by atoms with van der Waals surface area (Å²) >= 11 is 0. The molecule has 0 spiro atoms. The van der Waals surface area contributed by atoms with E-state index in [9.17, 15) is 0 Å². The number of morpholine rings is 1. The van der Waals surface area contributed by atoms with Crippen LogP contribution >= 0.6 is 0 Å². The number of nitrogens with zero attached hydrogens (tertiary/aromatic N) is 1. The lowest BCUT2D eigenvalue weighted by Crippen LogP contribution is -2.48. The molecule has 3 unspecified atom stereocenters. The molecule has 1 N–H and O–H groups in total. The van der Waals surface area contributed by atoms with Crippen molar-refractivity contribution in [3.63, 3.8) is 0 Å². The highest BCUT2D eigenvalue weighted by Gasteiger charge is 2.36. The van der Waals surface area contributed by atoms with E-state index in [4.69, 9.17) is 4.74 Å². The second-order valence-electron chi connectivity index (χ2n) is 5.94. The lowest BCUT2D eigenvalue weighted by atomic mass is 10.0. The topological polar surface area (TPSA) is 24.5 Å². The van der Waals surface area contributed by atoms with Gasteiger partial charge in [0.05, 0.1) is 18.8 Å². The van der Waals surface area contributed by atoms with Crippen molar-refractivity contribution in [2.24, 2.45) is 0 Å². The molecule has 0 radical (unpaired) electrons. The summed E-state index contributed by atoms with van der Waals surface area (Å²) in [7, 11) is 2.03. The number of fused-ring (bicyclic) bond motifs is 1. The third-order valence-corrected chi connectivity index (χ3v) is 4.87. The van der Waals surface area contributed by atoms with Crippen molar-refractivity contribution in [2.75, 3.05) is 25.1 Å². The van der Waals surface area contributed by atoms with Gasteiger partial charge in [0.25, 0.3) is 0 Å². The van der Waals surface area contributed by atoms with E-state index in [1.54, 1.807) is 0 Å². The minimum Gasteiger partial charge on any atom is -0.374 e. The van der Waals surface area contributed by atoms with Crippen molar-refractivity contribution in [2.45, 2.75) is 50.8 Å². The number of hydrogen-bond donors (Lipinski definition) is 1. The van der Waals surface area contributed by atoms with Crippen molar-refractivity contribution >= 4 is 5.69 Å². The molecule has 1 saturated heterocycles. The van der Waals surface area contributed by atoms with Crippen LogP contribution in [-0.4, -0.2) is 32.3 Å². The Bertz CT molecular complexity index is 427. The van der Waals surface area contributed by atoms with Crippen LogP contribution in [0.1, 0.15) is 44.2 Å². The number of ether oxygens (including phenoxy) is 1. The molecule has 110 valence electrons. The van der Waals surface area contributed by atoms with E-state index < -0.39 is 0 Å². The summed E-state index contributed by atoms with van der Waals surface area (Å²) in [6, 6.07) is 10.2. The van der Waals surface area contributed by atoms with E-state index in [-0.39, 0.29) is 0 Å². The molecular weight excluding hydrogens is 248 g/mol. The fourth-order valence-electron chi connectivity index (χ4n) is 3.75. The summed E-state index contributed by atoms with van der Waals surface area (Å²) in [5, 5.41) is 3.37. The van der Waals surface area contributed by atoms with E-state index in [0.29, 0.717) is 18.2 Å². The summed E-state index contributed by atoms with van der Waals surface area (Å²) in [6.45, 7) is 4.13. The highest BCUT2D eigenvalue weighted by Crippen LogP contribution is 2.33. The zero-order valence-corrected chi connectivity index (χ0v) is 12.6. The molecule has 1 aliphatic heterocycles. The molecule has 1 aromatic carbocycles. The Kier molecular flexibility index (Phi) is 4.27. The molecule has 3 atom stereocenters. The lowest BCUT2D eigenvalue weighted by molar-refractivity contribution is 0.0256. The van der Waals surface area contributed by atoms with Crippen LogP contribution in [0.2, 0.25) is 0 Å². The third kappa shape index (κ3) is 2.57. The first-order valence-corrected chi connectivity index (χ1v) is 7.99. The lowest BCUT2D eigenvalue weighted by Gasteiger charge is -2.39. The zero-order chi connectivity index (χ0) is 13.9. The van der Waals surface area contributed by atoms with Gasteiger partial charge in [0.2, 0.25) is 0 Å². The third-order valence-electron chi connectivity index (χ3n) is 4.87. The highest BCUT2D eigenvalue weighted by molar-refractivity contribution is 5.50. The number of anilines is 1. The number of nitrogens with one attached hydrogen (secondary N) is 1. The quantitative estimate of drug-likeness (QED) is 0.913. The van der Waals surface area contributed by atoms with Crippen LogP contribution < -0.4 is 10.2 Å². The predicted molar refractivity (Wildman–Crippen MR) is 83.3 cm³/mol. The first-order valence-electron chi connectivity index (χ1n) is 7.99. The van der Waals surface area contributed by atoms with Crippen molar-refractivity contribution in [3.05, 3.63) is 29.8 Å². The molecular formula is C17H26N2O. The fraction of sp³-hybridized carbons (Fsp3) is 0.647. The molecule has 1 saturated carbocycles.